The van der Waals surface area contributed by atoms with E-state index >= 15 is 0 Å². The molecule has 0 radical (unpaired) electrons. The molecule has 2 rings (SSSR count). The van der Waals surface area contributed by atoms with Crippen molar-refractivity contribution in [3.63, 3.8) is 0 Å². The molecule has 26 heavy (non-hydrogen) atoms. The third-order valence-corrected chi connectivity index (χ3v) is 4.37. The first kappa shape index (κ1) is 19.7. The summed E-state index contributed by atoms with van der Waals surface area (Å²) in [6.45, 7) is 2.23. The van der Waals surface area contributed by atoms with E-state index in [4.69, 9.17) is 25.8 Å². The molecule has 6 nitrogen and oxygen atoms in total. The summed E-state index contributed by atoms with van der Waals surface area (Å²) in [5.74, 6) is 1.59. The number of ether oxygens (including phenoxy) is 3. The fourth-order valence-electron chi connectivity index (χ4n) is 2.50. The summed E-state index contributed by atoms with van der Waals surface area (Å²) in [6, 6.07) is 8.75. The third kappa shape index (κ3) is 4.32. The Hall–Kier alpha value is -2.60. The van der Waals surface area contributed by atoms with Crippen LogP contribution in [0, 0.1) is 6.92 Å². The summed E-state index contributed by atoms with van der Waals surface area (Å²) < 4.78 is 16.1. The van der Waals surface area contributed by atoms with E-state index in [9.17, 15) is 4.79 Å². The highest BCUT2D eigenvalue weighted by molar-refractivity contribution is 6.31. The Morgan fingerprint density at radius 1 is 1.08 bits per heavy atom. The SMILES string of the molecule is COc1ccc(CN(C)C(=O)Nc2ccc(C)c(Cl)c2)c(OC)c1OC. The Morgan fingerprint density at radius 2 is 1.77 bits per heavy atom. The van der Waals surface area contributed by atoms with Gasteiger partial charge in [0.1, 0.15) is 0 Å². The number of methoxy groups -OCH3 is 3. The van der Waals surface area contributed by atoms with Gasteiger partial charge in [0, 0.05) is 23.3 Å². The molecule has 0 saturated carbocycles. The minimum atomic E-state index is -0.262. The average molecular weight is 379 g/mol. The van der Waals surface area contributed by atoms with Crippen molar-refractivity contribution in [3.8, 4) is 17.2 Å². The highest BCUT2D eigenvalue weighted by Gasteiger charge is 2.18. The van der Waals surface area contributed by atoms with Gasteiger partial charge in [0.15, 0.2) is 11.5 Å². The molecule has 0 bridgehead atoms. The van der Waals surface area contributed by atoms with Gasteiger partial charge in [-0.05, 0) is 36.8 Å². The fraction of sp³-hybridized carbons (Fsp3) is 0.316. The predicted octanol–water partition coefficient (Wildman–Crippen LogP) is 4.34. The summed E-state index contributed by atoms with van der Waals surface area (Å²) in [6.07, 6.45) is 0. The maximum absolute atomic E-state index is 12.5. The maximum Gasteiger partial charge on any atom is 0.321 e. The molecule has 2 aromatic rings. The Bertz CT molecular complexity index is 795. The normalized spacial score (nSPS) is 10.2. The van der Waals surface area contributed by atoms with Gasteiger partial charge in [-0.25, -0.2) is 4.79 Å². The van der Waals surface area contributed by atoms with Crippen molar-refractivity contribution in [1.82, 2.24) is 4.90 Å². The van der Waals surface area contributed by atoms with Crippen molar-refractivity contribution in [2.24, 2.45) is 0 Å². The fourth-order valence-corrected chi connectivity index (χ4v) is 2.69. The van der Waals surface area contributed by atoms with Crippen molar-refractivity contribution >= 4 is 23.3 Å². The van der Waals surface area contributed by atoms with E-state index in [0.29, 0.717) is 34.5 Å². The summed E-state index contributed by atoms with van der Waals surface area (Å²) in [4.78, 5) is 14.0. The number of hydrogen-bond acceptors (Lipinski definition) is 4. The van der Waals surface area contributed by atoms with Crippen LogP contribution in [-0.4, -0.2) is 39.3 Å². The summed E-state index contributed by atoms with van der Waals surface area (Å²) in [5, 5.41) is 3.43. The quantitative estimate of drug-likeness (QED) is 0.812. The topological polar surface area (TPSA) is 60.0 Å². The van der Waals surface area contributed by atoms with Crippen LogP contribution in [0.15, 0.2) is 30.3 Å². The van der Waals surface area contributed by atoms with Gasteiger partial charge < -0.3 is 24.4 Å². The Kier molecular flexibility index (Phi) is 6.58. The average Bonchev–Trinajstić information content (AvgIpc) is 2.63. The van der Waals surface area contributed by atoms with Gasteiger partial charge in [0.25, 0.3) is 0 Å². The highest BCUT2D eigenvalue weighted by Crippen LogP contribution is 2.40. The lowest BCUT2D eigenvalue weighted by Crippen LogP contribution is -2.31. The zero-order chi connectivity index (χ0) is 19.3. The largest absolute Gasteiger partial charge is 0.493 e. The second-order valence-corrected chi connectivity index (χ2v) is 6.15. The van der Waals surface area contributed by atoms with Crippen molar-refractivity contribution < 1.29 is 19.0 Å². The Labute approximate surface area is 158 Å². The lowest BCUT2D eigenvalue weighted by Gasteiger charge is -2.21. The number of benzene rings is 2. The number of urea groups is 1. The smallest absolute Gasteiger partial charge is 0.321 e. The van der Waals surface area contributed by atoms with E-state index in [2.05, 4.69) is 5.32 Å². The first-order valence-corrected chi connectivity index (χ1v) is 8.35. The Morgan fingerprint density at radius 3 is 2.35 bits per heavy atom. The standard InChI is InChI=1S/C19H23ClN2O4/c1-12-6-8-14(10-15(12)20)21-19(23)22(2)11-13-7-9-16(24-3)18(26-5)17(13)25-4/h6-10H,11H2,1-5H3,(H,21,23). The van der Waals surface area contributed by atoms with Gasteiger partial charge in [-0.3, -0.25) is 0 Å². The van der Waals surface area contributed by atoms with Crippen LogP contribution < -0.4 is 19.5 Å². The van der Waals surface area contributed by atoms with Crippen molar-refractivity contribution in [2.75, 3.05) is 33.7 Å². The molecular formula is C19H23ClN2O4. The molecule has 0 atom stereocenters. The number of nitrogens with zero attached hydrogens (tertiary/aromatic N) is 1. The molecule has 0 saturated heterocycles. The first-order chi connectivity index (χ1) is 12.4. The van der Waals surface area contributed by atoms with Gasteiger partial charge in [0.2, 0.25) is 5.75 Å². The lowest BCUT2D eigenvalue weighted by atomic mass is 10.1. The monoisotopic (exact) mass is 378 g/mol. The number of anilines is 1. The van der Waals surface area contributed by atoms with E-state index in [1.807, 2.05) is 25.1 Å². The van der Waals surface area contributed by atoms with Crippen molar-refractivity contribution in [3.05, 3.63) is 46.5 Å². The third-order valence-electron chi connectivity index (χ3n) is 3.96. The van der Waals surface area contributed by atoms with E-state index in [1.54, 1.807) is 40.5 Å². The molecule has 0 aromatic heterocycles. The van der Waals surface area contributed by atoms with E-state index in [-0.39, 0.29) is 6.03 Å². The number of carbonyl (C=O) groups is 1. The second kappa shape index (κ2) is 8.67. The van der Waals surface area contributed by atoms with Crippen molar-refractivity contribution in [1.29, 1.82) is 0 Å². The number of nitrogens with one attached hydrogen (secondary N) is 1. The van der Waals surface area contributed by atoms with Gasteiger partial charge in [-0.15, -0.1) is 0 Å². The molecule has 140 valence electrons. The second-order valence-electron chi connectivity index (χ2n) is 5.74. The number of rotatable bonds is 6. The summed E-state index contributed by atoms with van der Waals surface area (Å²) in [5.41, 5.74) is 2.38. The summed E-state index contributed by atoms with van der Waals surface area (Å²) >= 11 is 6.10. The van der Waals surface area contributed by atoms with Crippen LogP contribution in [0.5, 0.6) is 17.2 Å². The molecule has 7 heteroatoms. The van der Waals surface area contributed by atoms with Crippen LogP contribution in [0.25, 0.3) is 0 Å². The lowest BCUT2D eigenvalue weighted by molar-refractivity contribution is 0.220. The zero-order valence-corrected chi connectivity index (χ0v) is 16.3. The summed E-state index contributed by atoms with van der Waals surface area (Å²) in [7, 11) is 6.35. The maximum atomic E-state index is 12.5. The molecule has 0 aliphatic heterocycles. The molecule has 2 amide bonds. The van der Waals surface area contributed by atoms with E-state index in [0.717, 1.165) is 11.1 Å². The number of aryl methyl sites for hydroxylation is 1. The number of amides is 2. The van der Waals surface area contributed by atoms with Crippen LogP contribution in [0.1, 0.15) is 11.1 Å². The zero-order valence-electron chi connectivity index (χ0n) is 15.6. The first-order valence-electron chi connectivity index (χ1n) is 7.97. The number of hydrogen-bond donors (Lipinski definition) is 1. The van der Waals surface area contributed by atoms with Gasteiger partial charge in [-0.2, -0.15) is 0 Å². The van der Waals surface area contributed by atoms with Crippen LogP contribution >= 0.6 is 11.6 Å². The number of carbonyl (C=O) groups excluding carboxylic acids is 1. The molecule has 0 spiro atoms. The highest BCUT2D eigenvalue weighted by atomic mass is 35.5. The molecule has 0 unspecified atom stereocenters. The number of halogens is 1. The van der Waals surface area contributed by atoms with Crippen molar-refractivity contribution in [2.45, 2.75) is 13.5 Å². The van der Waals surface area contributed by atoms with Gasteiger partial charge >= 0.3 is 6.03 Å². The van der Waals surface area contributed by atoms with Crippen LogP contribution in [0.2, 0.25) is 5.02 Å². The van der Waals surface area contributed by atoms with Crippen LogP contribution in [0.4, 0.5) is 10.5 Å². The van der Waals surface area contributed by atoms with E-state index in [1.165, 1.54) is 4.90 Å². The Balaban J connectivity index is 2.16. The predicted molar refractivity (Wildman–Crippen MR) is 103 cm³/mol. The van der Waals surface area contributed by atoms with Gasteiger partial charge in [-0.1, -0.05) is 17.7 Å². The minimum Gasteiger partial charge on any atom is -0.493 e. The van der Waals surface area contributed by atoms with Crippen LogP contribution in [0.3, 0.4) is 0 Å². The molecule has 0 fully saturated rings. The molecular weight excluding hydrogens is 356 g/mol. The molecule has 0 heterocycles. The van der Waals surface area contributed by atoms with E-state index < -0.39 is 0 Å². The minimum absolute atomic E-state index is 0.262. The molecule has 1 N–H and O–H groups in total. The van der Waals surface area contributed by atoms with Crippen LogP contribution in [-0.2, 0) is 6.54 Å². The van der Waals surface area contributed by atoms with Gasteiger partial charge in [0.05, 0.1) is 27.9 Å². The molecule has 2 aromatic carbocycles. The molecule has 0 aliphatic rings. The molecule has 0 aliphatic carbocycles.